The van der Waals surface area contributed by atoms with Crippen LogP contribution in [0.4, 0.5) is 0 Å². The molecule has 1 aliphatic heterocycles. The molecule has 0 radical (unpaired) electrons. The van der Waals surface area contributed by atoms with Gasteiger partial charge in [0.1, 0.15) is 0 Å². The fourth-order valence-corrected chi connectivity index (χ4v) is 2.70. The molecule has 0 spiro atoms. The average Bonchev–Trinajstić information content (AvgIpc) is 2.38. The van der Waals surface area contributed by atoms with Crippen LogP contribution in [0.5, 0.6) is 0 Å². The van der Waals surface area contributed by atoms with Crippen molar-refractivity contribution in [1.82, 2.24) is 9.80 Å². The first-order valence-electron chi connectivity index (χ1n) is 8.80. The van der Waals surface area contributed by atoms with Gasteiger partial charge in [-0.25, -0.2) is 0 Å². The van der Waals surface area contributed by atoms with Crippen LogP contribution in [0.1, 0.15) is 60.3 Å². The summed E-state index contributed by atoms with van der Waals surface area (Å²) in [7, 11) is 0. The van der Waals surface area contributed by atoms with Gasteiger partial charge in [-0.05, 0) is 24.8 Å². The summed E-state index contributed by atoms with van der Waals surface area (Å²) in [4.78, 5) is 5.12. The Hall–Kier alpha value is -0.520. The van der Waals surface area contributed by atoms with Crippen LogP contribution in [0, 0.1) is 23.2 Å². The van der Waals surface area contributed by atoms with Gasteiger partial charge in [-0.2, -0.15) is 0 Å². The van der Waals surface area contributed by atoms with E-state index in [9.17, 15) is 0 Å². The minimum atomic E-state index is 0.499. The maximum absolute atomic E-state index is 3.30. The molecule has 21 heavy (non-hydrogen) atoms. The lowest BCUT2D eigenvalue weighted by Gasteiger charge is -2.33. The van der Waals surface area contributed by atoms with Crippen molar-refractivity contribution >= 4 is 0 Å². The zero-order chi connectivity index (χ0) is 15.7. The van der Waals surface area contributed by atoms with E-state index in [1.807, 2.05) is 0 Å². The van der Waals surface area contributed by atoms with Crippen molar-refractivity contribution in [2.24, 2.45) is 11.3 Å². The summed E-state index contributed by atoms with van der Waals surface area (Å²) >= 11 is 0. The van der Waals surface area contributed by atoms with Crippen LogP contribution in [-0.4, -0.2) is 49.1 Å². The SMILES string of the molecule is CC(C)C#CCN1CCN(CCCCCC(C)(C)C)CC1. The summed E-state index contributed by atoms with van der Waals surface area (Å²) in [5.41, 5.74) is 0.503. The molecule has 0 aromatic carbocycles. The van der Waals surface area contributed by atoms with Crippen LogP contribution >= 0.6 is 0 Å². The molecular formula is C19H36N2. The Balaban J connectivity index is 2.05. The Bertz CT molecular complexity index is 322. The fourth-order valence-electron chi connectivity index (χ4n) is 2.70. The van der Waals surface area contributed by atoms with Crippen molar-refractivity contribution in [3.63, 3.8) is 0 Å². The van der Waals surface area contributed by atoms with Crippen molar-refractivity contribution in [3.8, 4) is 11.8 Å². The molecule has 0 aliphatic carbocycles. The van der Waals surface area contributed by atoms with Gasteiger partial charge in [0.2, 0.25) is 0 Å². The summed E-state index contributed by atoms with van der Waals surface area (Å²) in [5.74, 6) is 7.06. The van der Waals surface area contributed by atoms with Crippen molar-refractivity contribution in [3.05, 3.63) is 0 Å². The lowest BCUT2D eigenvalue weighted by molar-refractivity contribution is 0.141. The number of hydrogen-bond acceptors (Lipinski definition) is 2. The zero-order valence-electron chi connectivity index (χ0n) is 15.0. The predicted octanol–water partition coefficient (Wildman–Crippen LogP) is 3.87. The Morgan fingerprint density at radius 3 is 2.10 bits per heavy atom. The third kappa shape index (κ3) is 9.93. The van der Waals surface area contributed by atoms with Crippen LogP contribution in [0.15, 0.2) is 0 Å². The molecule has 1 heterocycles. The topological polar surface area (TPSA) is 6.48 Å². The number of unbranched alkanes of at least 4 members (excludes halogenated alkanes) is 2. The van der Waals surface area contributed by atoms with Gasteiger partial charge in [-0.1, -0.05) is 59.3 Å². The van der Waals surface area contributed by atoms with Crippen LogP contribution < -0.4 is 0 Å². The van der Waals surface area contributed by atoms with Gasteiger partial charge in [0.15, 0.2) is 0 Å². The Morgan fingerprint density at radius 1 is 0.905 bits per heavy atom. The number of piperazine rings is 1. The van der Waals surface area contributed by atoms with Crippen LogP contribution in [0.2, 0.25) is 0 Å². The normalized spacial score (nSPS) is 17.8. The van der Waals surface area contributed by atoms with E-state index in [1.54, 1.807) is 0 Å². The standard InChI is InChI=1S/C19H36N2/c1-18(2)10-9-13-21-16-14-20(15-17-21)12-8-6-7-11-19(3,4)5/h18H,6-8,11-17H2,1-5H3. The third-order valence-electron chi connectivity index (χ3n) is 4.06. The van der Waals surface area contributed by atoms with Gasteiger partial charge in [-0.15, -0.1) is 0 Å². The Kier molecular flexibility index (Phi) is 8.37. The van der Waals surface area contributed by atoms with Crippen molar-refractivity contribution in [2.75, 3.05) is 39.3 Å². The van der Waals surface area contributed by atoms with Crippen LogP contribution in [0.25, 0.3) is 0 Å². The van der Waals surface area contributed by atoms with Crippen LogP contribution in [0.3, 0.4) is 0 Å². The zero-order valence-corrected chi connectivity index (χ0v) is 15.0. The maximum Gasteiger partial charge on any atom is 0.0602 e. The van der Waals surface area contributed by atoms with Gasteiger partial charge in [0, 0.05) is 32.1 Å². The lowest BCUT2D eigenvalue weighted by Crippen LogP contribution is -2.46. The molecule has 122 valence electrons. The summed E-state index contributed by atoms with van der Waals surface area (Å²) < 4.78 is 0. The van der Waals surface area contributed by atoms with Crippen molar-refractivity contribution in [1.29, 1.82) is 0 Å². The monoisotopic (exact) mass is 292 g/mol. The second kappa shape index (κ2) is 9.49. The molecule has 1 saturated heterocycles. The minimum Gasteiger partial charge on any atom is -0.301 e. The summed E-state index contributed by atoms with van der Waals surface area (Å²) in [6, 6.07) is 0. The molecule has 0 bridgehead atoms. The highest BCUT2D eigenvalue weighted by Crippen LogP contribution is 2.22. The largest absolute Gasteiger partial charge is 0.301 e. The molecule has 0 amide bonds. The molecular weight excluding hydrogens is 256 g/mol. The van der Waals surface area contributed by atoms with E-state index in [4.69, 9.17) is 0 Å². The molecule has 0 N–H and O–H groups in total. The highest BCUT2D eigenvalue weighted by molar-refractivity contribution is 5.03. The van der Waals surface area contributed by atoms with Gasteiger partial charge in [0.05, 0.1) is 6.54 Å². The third-order valence-corrected chi connectivity index (χ3v) is 4.06. The summed E-state index contributed by atoms with van der Waals surface area (Å²) in [5, 5.41) is 0. The fraction of sp³-hybridized carbons (Fsp3) is 0.895. The lowest BCUT2D eigenvalue weighted by atomic mass is 9.89. The first-order chi connectivity index (χ1) is 9.87. The second-order valence-corrected chi connectivity index (χ2v) is 7.96. The van der Waals surface area contributed by atoms with Crippen LogP contribution in [-0.2, 0) is 0 Å². The predicted molar refractivity (Wildman–Crippen MR) is 93.4 cm³/mol. The summed E-state index contributed by atoms with van der Waals surface area (Å²) in [6.45, 7) is 18.4. The molecule has 2 heteroatoms. The van der Waals surface area contributed by atoms with E-state index in [-0.39, 0.29) is 0 Å². The van der Waals surface area contributed by atoms with Gasteiger partial charge < -0.3 is 4.90 Å². The van der Waals surface area contributed by atoms with E-state index in [2.05, 4.69) is 56.3 Å². The summed E-state index contributed by atoms with van der Waals surface area (Å²) in [6.07, 6.45) is 5.49. The first kappa shape index (κ1) is 18.5. The molecule has 0 saturated carbocycles. The second-order valence-electron chi connectivity index (χ2n) is 7.96. The number of rotatable bonds is 6. The van der Waals surface area contributed by atoms with E-state index >= 15 is 0 Å². The number of nitrogens with zero attached hydrogens (tertiary/aromatic N) is 2. The van der Waals surface area contributed by atoms with Gasteiger partial charge in [-0.3, -0.25) is 4.90 Å². The molecule has 0 aromatic rings. The quantitative estimate of drug-likeness (QED) is 0.541. The van der Waals surface area contributed by atoms with E-state index in [0.717, 1.165) is 6.54 Å². The highest BCUT2D eigenvalue weighted by Gasteiger charge is 2.15. The Labute approximate surface area is 133 Å². The maximum atomic E-state index is 3.30. The minimum absolute atomic E-state index is 0.499. The first-order valence-corrected chi connectivity index (χ1v) is 8.80. The molecule has 1 aliphatic rings. The molecule has 0 atom stereocenters. The van der Waals surface area contributed by atoms with Crippen molar-refractivity contribution in [2.45, 2.75) is 60.3 Å². The highest BCUT2D eigenvalue weighted by atomic mass is 15.3. The molecule has 0 aromatic heterocycles. The molecule has 2 nitrogen and oxygen atoms in total. The molecule has 0 unspecified atom stereocenters. The van der Waals surface area contributed by atoms with Gasteiger partial charge >= 0.3 is 0 Å². The Morgan fingerprint density at radius 2 is 1.52 bits per heavy atom. The van der Waals surface area contributed by atoms with Crippen molar-refractivity contribution < 1.29 is 0 Å². The van der Waals surface area contributed by atoms with E-state index in [0.29, 0.717) is 11.3 Å². The van der Waals surface area contributed by atoms with E-state index < -0.39 is 0 Å². The number of hydrogen-bond donors (Lipinski definition) is 0. The van der Waals surface area contributed by atoms with E-state index in [1.165, 1.54) is 58.4 Å². The molecule has 1 fully saturated rings. The smallest absolute Gasteiger partial charge is 0.0602 e. The average molecular weight is 293 g/mol. The molecule has 1 rings (SSSR count). The van der Waals surface area contributed by atoms with Gasteiger partial charge in [0.25, 0.3) is 0 Å².